The second kappa shape index (κ2) is 7.19. The van der Waals surface area contributed by atoms with Gasteiger partial charge in [0.15, 0.2) is 0 Å². The lowest BCUT2D eigenvalue weighted by atomic mass is 10.0. The van der Waals surface area contributed by atoms with Crippen LogP contribution in [0.3, 0.4) is 0 Å². The molecule has 0 spiro atoms. The zero-order valence-corrected chi connectivity index (χ0v) is 14.6. The fraction of sp³-hybridized carbons (Fsp3) is 0.474. The number of hydrogen-bond donors (Lipinski definition) is 3. The van der Waals surface area contributed by atoms with Crippen molar-refractivity contribution in [1.29, 1.82) is 0 Å². The molecule has 0 bridgehead atoms. The van der Waals surface area contributed by atoms with E-state index in [-0.39, 0.29) is 0 Å². The summed E-state index contributed by atoms with van der Waals surface area (Å²) >= 11 is 0. The molecule has 0 radical (unpaired) electrons. The van der Waals surface area contributed by atoms with Crippen LogP contribution in [-0.4, -0.2) is 51.1 Å². The topological polar surface area (TPSA) is 96.7 Å². The Hall–Kier alpha value is -2.22. The minimum atomic E-state index is -1.03. The van der Waals surface area contributed by atoms with Crippen LogP contribution in [0.25, 0.3) is 0 Å². The van der Waals surface area contributed by atoms with Crippen molar-refractivity contribution in [2.24, 2.45) is 0 Å². The number of aliphatic hydroxyl groups excluding tert-OH is 2. The standard InChI is InChI=1S/C19H23N3O4/c1-11-21-8-6-17(22-11)26-16-9-15(18(23)19(16)24)25-14-4-2-3-12-5-7-20-10-13(12)14/h2-4,6,8,15-16,18-20,23-24H,5,7,9-10H2,1H3/t15-,16+,18+,19-/m0/s1. The highest BCUT2D eigenvalue weighted by molar-refractivity contribution is 5.42. The summed E-state index contributed by atoms with van der Waals surface area (Å²) in [7, 11) is 0. The van der Waals surface area contributed by atoms with Crippen molar-refractivity contribution >= 4 is 0 Å². The van der Waals surface area contributed by atoms with Crippen molar-refractivity contribution in [2.45, 2.75) is 50.7 Å². The van der Waals surface area contributed by atoms with Crippen LogP contribution in [0.5, 0.6) is 11.6 Å². The molecule has 2 aliphatic rings. The third kappa shape index (κ3) is 3.38. The highest BCUT2D eigenvalue weighted by Gasteiger charge is 2.45. The van der Waals surface area contributed by atoms with E-state index in [1.54, 1.807) is 19.2 Å². The van der Waals surface area contributed by atoms with Crippen molar-refractivity contribution in [3.05, 3.63) is 47.4 Å². The maximum atomic E-state index is 10.4. The SMILES string of the molecule is Cc1nccc(O[C@@H]2C[C@H](Oc3cccc4c3CNCC4)[C@@H](O)[C@H]2O)n1. The van der Waals surface area contributed by atoms with Crippen molar-refractivity contribution in [1.82, 2.24) is 15.3 Å². The summed E-state index contributed by atoms with van der Waals surface area (Å²) in [5.41, 5.74) is 2.38. The molecule has 1 aromatic heterocycles. The van der Waals surface area contributed by atoms with Gasteiger partial charge in [-0.25, -0.2) is 4.98 Å². The predicted molar refractivity (Wildman–Crippen MR) is 94.1 cm³/mol. The molecule has 0 amide bonds. The van der Waals surface area contributed by atoms with E-state index in [9.17, 15) is 10.2 Å². The molecule has 26 heavy (non-hydrogen) atoms. The van der Waals surface area contributed by atoms with Crippen LogP contribution in [0.1, 0.15) is 23.4 Å². The minimum Gasteiger partial charge on any atom is -0.487 e. The Balaban J connectivity index is 1.48. The van der Waals surface area contributed by atoms with Gasteiger partial charge in [-0.1, -0.05) is 12.1 Å². The third-order valence-corrected chi connectivity index (χ3v) is 4.98. The molecule has 7 heteroatoms. The lowest BCUT2D eigenvalue weighted by Gasteiger charge is -2.24. The van der Waals surface area contributed by atoms with Crippen LogP contribution in [0, 0.1) is 6.92 Å². The molecule has 1 aliphatic heterocycles. The van der Waals surface area contributed by atoms with Crippen molar-refractivity contribution in [3.63, 3.8) is 0 Å². The van der Waals surface area contributed by atoms with Gasteiger partial charge < -0.3 is 25.0 Å². The summed E-state index contributed by atoms with van der Waals surface area (Å²) in [6, 6.07) is 7.62. The van der Waals surface area contributed by atoms with Gasteiger partial charge in [0, 0.05) is 30.8 Å². The summed E-state index contributed by atoms with van der Waals surface area (Å²) in [5.74, 6) is 1.73. The summed E-state index contributed by atoms with van der Waals surface area (Å²) in [6.07, 6.45) is -0.229. The average molecular weight is 357 g/mol. The lowest BCUT2D eigenvalue weighted by Crippen LogP contribution is -2.36. The molecular weight excluding hydrogens is 334 g/mol. The molecule has 3 N–H and O–H groups in total. The monoisotopic (exact) mass is 357 g/mol. The Morgan fingerprint density at radius 2 is 1.92 bits per heavy atom. The van der Waals surface area contributed by atoms with Gasteiger partial charge in [0.25, 0.3) is 0 Å². The van der Waals surface area contributed by atoms with E-state index in [0.29, 0.717) is 18.1 Å². The van der Waals surface area contributed by atoms with E-state index in [1.165, 1.54) is 5.56 Å². The van der Waals surface area contributed by atoms with Crippen molar-refractivity contribution < 1.29 is 19.7 Å². The molecule has 0 saturated heterocycles. The molecule has 1 aromatic carbocycles. The van der Waals surface area contributed by atoms with Crippen LogP contribution in [0.2, 0.25) is 0 Å². The van der Waals surface area contributed by atoms with E-state index in [4.69, 9.17) is 9.47 Å². The highest BCUT2D eigenvalue weighted by atomic mass is 16.5. The van der Waals surface area contributed by atoms with E-state index in [0.717, 1.165) is 30.8 Å². The van der Waals surface area contributed by atoms with Gasteiger partial charge in [0.2, 0.25) is 5.88 Å². The zero-order valence-electron chi connectivity index (χ0n) is 14.6. The van der Waals surface area contributed by atoms with Gasteiger partial charge in [-0.2, -0.15) is 4.98 Å². The van der Waals surface area contributed by atoms with Gasteiger partial charge in [0.1, 0.15) is 36.0 Å². The molecule has 1 aliphatic carbocycles. The number of rotatable bonds is 4. The van der Waals surface area contributed by atoms with E-state index < -0.39 is 24.4 Å². The molecule has 138 valence electrons. The van der Waals surface area contributed by atoms with Crippen molar-refractivity contribution in [3.8, 4) is 11.6 Å². The van der Waals surface area contributed by atoms with Crippen LogP contribution in [0.4, 0.5) is 0 Å². The summed E-state index contributed by atoms with van der Waals surface area (Å²) in [4.78, 5) is 8.21. The Morgan fingerprint density at radius 1 is 1.12 bits per heavy atom. The van der Waals surface area contributed by atoms with E-state index in [2.05, 4.69) is 21.4 Å². The Labute approximate surface area is 152 Å². The van der Waals surface area contributed by atoms with Crippen LogP contribution >= 0.6 is 0 Å². The van der Waals surface area contributed by atoms with E-state index in [1.807, 2.05) is 12.1 Å². The largest absolute Gasteiger partial charge is 0.487 e. The molecule has 0 unspecified atom stereocenters. The number of ether oxygens (including phenoxy) is 2. The van der Waals surface area contributed by atoms with Crippen LogP contribution < -0.4 is 14.8 Å². The molecule has 1 saturated carbocycles. The summed E-state index contributed by atoms with van der Waals surface area (Å²) < 4.78 is 11.9. The van der Waals surface area contributed by atoms with Crippen molar-refractivity contribution in [2.75, 3.05) is 6.54 Å². The highest BCUT2D eigenvalue weighted by Crippen LogP contribution is 2.32. The summed E-state index contributed by atoms with van der Waals surface area (Å²) in [6.45, 7) is 3.47. The fourth-order valence-electron chi connectivity index (χ4n) is 3.59. The fourth-order valence-corrected chi connectivity index (χ4v) is 3.59. The number of benzene rings is 1. The maximum Gasteiger partial charge on any atom is 0.216 e. The average Bonchev–Trinajstić information content (AvgIpc) is 2.90. The molecule has 2 heterocycles. The third-order valence-electron chi connectivity index (χ3n) is 4.98. The van der Waals surface area contributed by atoms with Gasteiger partial charge >= 0.3 is 0 Å². The van der Waals surface area contributed by atoms with Gasteiger partial charge in [-0.15, -0.1) is 0 Å². The molecule has 1 fully saturated rings. The molecule has 2 aromatic rings. The maximum absolute atomic E-state index is 10.4. The first-order valence-corrected chi connectivity index (χ1v) is 8.92. The molecule has 4 rings (SSSR count). The summed E-state index contributed by atoms with van der Waals surface area (Å²) in [5, 5.41) is 24.1. The number of hydrogen-bond acceptors (Lipinski definition) is 7. The van der Waals surface area contributed by atoms with Gasteiger partial charge in [0.05, 0.1) is 0 Å². The Kier molecular flexibility index (Phi) is 4.76. The lowest BCUT2D eigenvalue weighted by molar-refractivity contribution is -0.0321. The van der Waals surface area contributed by atoms with Crippen LogP contribution in [0.15, 0.2) is 30.5 Å². The second-order valence-corrected chi connectivity index (χ2v) is 6.79. The number of aryl methyl sites for hydroxylation is 1. The first kappa shape index (κ1) is 17.2. The molecule has 7 nitrogen and oxygen atoms in total. The quantitative estimate of drug-likeness (QED) is 0.743. The number of fused-ring (bicyclic) bond motifs is 1. The zero-order chi connectivity index (χ0) is 18.1. The number of nitrogens with zero attached hydrogens (tertiary/aromatic N) is 2. The Morgan fingerprint density at radius 3 is 2.73 bits per heavy atom. The van der Waals surface area contributed by atoms with E-state index >= 15 is 0 Å². The second-order valence-electron chi connectivity index (χ2n) is 6.79. The smallest absolute Gasteiger partial charge is 0.216 e. The predicted octanol–water partition coefficient (Wildman–Crippen LogP) is 0.751. The Bertz CT molecular complexity index is 785. The van der Waals surface area contributed by atoms with Crippen LogP contribution in [-0.2, 0) is 13.0 Å². The first-order chi connectivity index (χ1) is 12.6. The number of aromatic nitrogens is 2. The first-order valence-electron chi connectivity index (χ1n) is 8.92. The number of aliphatic hydroxyl groups is 2. The van der Waals surface area contributed by atoms with Gasteiger partial charge in [-0.05, 0) is 31.5 Å². The normalized spacial score (nSPS) is 27.8. The minimum absolute atomic E-state index is 0.377. The van der Waals surface area contributed by atoms with Gasteiger partial charge in [-0.3, -0.25) is 0 Å². The number of nitrogens with one attached hydrogen (secondary N) is 1. The molecular formula is C19H23N3O4. The molecule has 4 atom stereocenters.